The van der Waals surface area contributed by atoms with Gasteiger partial charge in [-0.2, -0.15) is 0 Å². The molecular formula is C60H47N2OP. The molecule has 64 heavy (non-hydrogen) atoms. The minimum Gasteiger partial charge on any atom is -0.270 e. The molecular weight excluding hydrogens is 796 g/mol. The fourth-order valence-corrected chi connectivity index (χ4v) is 12.9. The van der Waals surface area contributed by atoms with E-state index in [1.54, 1.807) is 0 Å². The molecule has 4 heteroatoms. The van der Waals surface area contributed by atoms with E-state index in [1.165, 1.54) is 55.6 Å². The van der Waals surface area contributed by atoms with Gasteiger partial charge in [0.25, 0.3) is 0 Å². The number of benzene rings is 9. The average Bonchev–Trinajstić information content (AvgIpc) is 3.76. The van der Waals surface area contributed by atoms with Gasteiger partial charge >= 0.3 is 7.44 Å². The third kappa shape index (κ3) is 6.72. The van der Waals surface area contributed by atoms with Gasteiger partial charge in [-0.1, -0.05) is 196 Å². The lowest BCUT2D eigenvalue weighted by molar-refractivity contribution is 0.582. The number of anilines is 4. The van der Waals surface area contributed by atoms with Crippen LogP contribution in [0.15, 0.2) is 231 Å². The molecule has 11 rings (SSSR count). The molecule has 9 aromatic carbocycles. The topological polar surface area (TPSA) is 23.6 Å². The number of hydrogen-bond acceptors (Lipinski definition) is 1. The average molecular weight is 843 g/mol. The highest BCUT2D eigenvalue weighted by Gasteiger charge is 2.49. The molecule has 2 aliphatic rings. The first-order valence-electron chi connectivity index (χ1n) is 22.1. The smallest absolute Gasteiger partial charge is 0.270 e. The van der Waals surface area contributed by atoms with Crippen molar-refractivity contribution in [3.8, 4) is 33.4 Å². The van der Waals surface area contributed by atoms with Gasteiger partial charge in [0.05, 0.1) is 16.7 Å². The molecule has 1 aliphatic heterocycles. The van der Waals surface area contributed by atoms with Crippen LogP contribution in [0.4, 0.5) is 22.7 Å². The summed E-state index contributed by atoms with van der Waals surface area (Å²) in [6, 6.07) is 81.1. The van der Waals surface area contributed by atoms with E-state index in [2.05, 4.69) is 181 Å². The van der Waals surface area contributed by atoms with Gasteiger partial charge < -0.3 is 0 Å². The quantitative estimate of drug-likeness (QED) is 0.107. The monoisotopic (exact) mass is 842 g/mol. The van der Waals surface area contributed by atoms with Gasteiger partial charge in [-0.25, -0.2) is 0 Å². The number of fused-ring (bicyclic) bond motifs is 4. The number of nitrogens with zero attached hydrogens (tertiary/aromatic N) is 2. The Labute approximate surface area is 376 Å². The Morgan fingerprint density at radius 2 is 1.02 bits per heavy atom. The summed E-state index contributed by atoms with van der Waals surface area (Å²) in [6.07, 6.45) is 3.15. The third-order valence-corrected chi connectivity index (χ3v) is 16.0. The van der Waals surface area contributed by atoms with E-state index < -0.39 is 7.44 Å². The van der Waals surface area contributed by atoms with Crippen LogP contribution >= 0.6 is 7.44 Å². The molecule has 9 aromatic rings. The summed E-state index contributed by atoms with van der Waals surface area (Å²) < 4.78 is 20.2. The predicted octanol–water partition coefficient (Wildman–Crippen LogP) is 15.9. The van der Waals surface area contributed by atoms with Crippen LogP contribution in [0.25, 0.3) is 45.0 Å². The van der Waals surface area contributed by atoms with Crippen LogP contribution in [0.3, 0.4) is 0 Å². The SMILES string of the molecule is CC1(C)c2ccccc2-c2c(/C(=C\c3cccc(-c4ccccc4)c3)Cc3ccc(-c4ccc5c(c4)N(c4ccccc4)P(=O)(c4ccccc4)N5c4ccccc4)cc3)cccc21. The summed E-state index contributed by atoms with van der Waals surface area (Å²) in [5.41, 5.74) is 18.4. The lowest BCUT2D eigenvalue weighted by Crippen LogP contribution is -2.26. The summed E-state index contributed by atoms with van der Waals surface area (Å²) in [5, 5.41) is 0.775. The highest BCUT2D eigenvalue weighted by Crippen LogP contribution is 2.70. The summed E-state index contributed by atoms with van der Waals surface area (Å²) in [6.45, 7) is 4.70. The lowest BCUT2D eigenvalue weighted by Gasteiger charge is -2.33. The summed E-state index contributed by atoms with van der Waals surface area (Å²) in [7, 11) is -3.46. The van der Waals surface area contributed by atoms with Crippen LogP contribution in [-0.2, 0) is 16.4 Å². The van der Waals surface area contributed by atoms with Crippen molar-refractivity contribution in [1.82, 2.24) is 0 Å². The molecule has 0 saturated heterocycles. The summed E-state index contributed by atoms with van der Waals surface area (Å²) in [5.74, 6) is 0. The van der Waals surface area contributed by atoms with Gasteiger partial charge in [0.2, 0.25) is 0 Å². The number of para-hydroxylation sites is 2. The Bertz CT molecular complexity index is 3230. The van der Waals surface area contributed by atoms with E-state index in [0.29, 0.717) is 0 Å². The Kier molecular flexibility index (Phi) is 9.87. The molecule has 308 valence electrons. The Morgan fingerprint density at radius 3 is 1.72 bits per heavy atom. The fourth-order valence-electron chi connectivity index (χ4n) is 9.94. The maximum Gasteiger partial charge on any atom is 0.301 e. The lowest BCUT2D eigenvalue weighted by atomic mass is 9.81. The first-order valence-corrected chi connectivity index (χ1v) is 23.7. The molecule has 1 unspecified atom stereocenters. The second-order valence-corrected chi connectivity index (χ2v) is 19.7. The van der Waals surface area contributed by atoms with Gasteiger partial charge in [-0.05, 0) is 128 Å². The van der Waals surface area contributed by atoms with Gasteiger partial charge in [0.1, 0.15) is 0 Å². The Hall–Kier alpha value is -7.45. The first kappa shape index (κ1) is 39.4. The van der Waals surface area contributed by atoms with Crippen molar-refractivity contribution in [3.63, 3.8) is 0 Å². The van der Waals surface area contributed by atoms with Crippen LogP contribution in [0, 0.1) is 0 Å². The zero-order valence-corrected chi connectivity index (χ0v) is 36.9. The van der Waals surface area contributed by atoms with Crippen molar-refractivity contribution in [3.05, 3.63) is 258 Å². The third-order valence-electron chi connectivity index (χ3n) is 13.0. The van der Waals surface area contributed by atoms with E-state index in [4.69, 9.17) is 0 Å². The van der Waals surface area contributed by atoms with Gasteiger partial charge in [-0.15, -0.1) is 0 Å². The van der Waals surface area contributed by atoms with Gasteiger partial charge in [-0.3, -0.25) is 13.9 Å². The minimum absolute atomic E-state index is 0.0964. The van der Waals surface area contributed by atoms with Crippen LogP contribution in [0.5, 0.6) is 0 Å². The first-order chi connectivity index (χ1) is 31.4. The molecule has 0 spiro atoms. The predicted molar refractivity (Wildman–Crippen MR) is 270 cm³/mol. The molecule has 1 aliphatic carbocycles. The zero-order chi connectivity index (χ0) is 43.3. The summed E-state index contributed by atoms with van der Waals surface area (Å²) >= 11 is 0. The Balaban J connectivity index is 1.00. The van der Waals surface area contributed by atoms with Crippen LogP contribution in [-0.4, -0.2) is 0 Å². The van der Waals surface area contributed by atoms with Crippen molar-refractivity contribution in [1.29, 1.82) is 0 Å². The van der Waals surface area contributed by atoms with Crippen molar-refractivity contribution < 1.29 is 4.57 Å². The van der Waals surface area contributed by atoms with Crippen molar-refractivity contribution in [2.24, 2.45) is 0 Å². The normalized spacial score (nSPS) is 16.0. The molecule has 0 N–H and O–H groups in total. The molecule has 1 heterocycles. The minimum atomic E-state index is -3.46. The summed E-state index contributed by atoms with van der Waals surface area (Å²) in [4.78, 5) is 0. The zero-order valence-electron chi connectivity index (χ0n) is 36.0. The van der Waals surface area contributed by atoms with E-state index >= 15 is 4.57 Å². The van der Waals surface area contributed by atoms with E-state index in [0.717, 1.165) is 45.6 Å². The maximum absolute atomic E-state index is 16.1. The molecule has 3 nitrogen and oxygen atoms in total. The highest BCUT2D eigenvalue weighted by atomic mass is 31.2. The fraction of sp³-hybridized carbons (Fsp3) is 0.0667. The highest BCUT2D eigenvalue weighted by molar-refractivity contribution is 7.76. The van der Waals surface area contributed by atoms with Gasteiger partial charge in [0, 0.05) is 16.8 Å². The largest absolute Gasteiger partial charge is 0.301 e. The van der Waals surface area contributed by atoms with Crippen LogP contribution in [0.1, 0.15) is 41.7 Å². The molecule has 0 bridgehead atoms. The molecule has 1 atom stereocenters. The van der Waals surface area contributed by atoms with Crippen molar-refractivity contribution >= 4 is 47.1 Å². The van der Waals surface area contributed by atoms with E-state index in [9.17, 15) is 0 Å². The van der Waals surface area contributed by atoms with Crippen molar-refractivity contribution in [2.45, 2.75) is 25.7 Å². The number of allylic oxidation sites excluding steroid dienone is 1. The van der Waals surface area contributed by atoms with Crippen molar-refractivity contribution in [2.75, 3.05) is 9.34 Å². The maximum atomic E-state index is 16.1. The second kappa shape index (κ2) is 16.0. The van der Waals surface area contributed by atoms with Crippen LogP contribution in [0.2, 0.25) is 0 Å². The Morgan fingerprint density at radius 1 is 0.484 bits per heavy atom. The standard InChI is InChI=1S/C60H47N2OP/c1-60(2)55-31-16-15-29-54(55)59-53(30-18-32-56(59)60)49(41-44-19-17-22-47(40-44)45-20-7-3-8-21-45)39-43-33-35-46(36-34-43)48-37-38-57-58(42-48)62(51-25-11-5-12-26-51)64(63,52-27-13-6-14-28-52)61(57)50-23-9-4-10-24-50/h3-38,40-42H,39H2,1-2H3/b49-41-. The van der Waals surface area contributed by atoms with E-state index in [-0.39, 0.29) is 5.41 Å². The number of hydrogen-bond donors (Lipinski definition) is 0. The van der Waals surface area contributed by atoms with E-state index in [1.807, 2.05) is 78.9 Å². The molecule has 0 fully saturated rings. The van der Waals surface area contributed by atoms with Gasteiger partial charge in [0.15, 0.2) is 0 Å². The number of rotatable bonds is 9. The second-order valence-electron chi connectivity index (χ2n) is 17.3. The van der Waals surface area contributed by atoms with Crippen LogP contribution < -0.4 is 14.6 Å². The molecule has 0 aromatic heterocycles. The molecule has 0 radical (unpaired) electrons. The molecule has 0 amide bonds. The molecule has 0 saturated carbocycles.